The molecular weight excluding hydrogens is 498 g/mol. The van der Waals surface area contributed by atoms with Crippen LogP contribution in [0.3, 0.4) is 0 Å². The smallest absolute Gasteiger partial charge is 0.326 e. The van der Waals surface area contributed by atoms with E-state index in [2.05, 4.69) is 20.9 Å². The fourth-order valence-corrected chi connectivity index (χ4v) is 4.34. The number of H-pyrrole nitrogens is 1. The monoisotopic (exact) mass is 535 g/mol. The number of carbonyl (C=O) groups is 4. The van der Waals surface area contributed by atoms with E-state index in [4.69, 9.17) is 5.73 Å². The molecule has 0 bridgehead atoms. The number of para-hydroxylation sites is 1. The van der Waals surface area contributed by atoms with Crippen molar-refractivity contribution in [3.8, 4) is 0 Å². The van der Waals surface area contributed by atoms with Crippen LogP contribution >= 0.6 is 0 Å². The zero-order valence-corrected chi connectivity index (χ0v) is 22.4. The zero-order chi connectivity index (χ0) is 28.5. The average Bonchev–Trinajstić information content (AvgIpc) is 3.30. The van der Waals surface area contributed by atoms with Gasteiger partial charge < -0.3 is 31.8 Å². The Morgan fingerprint density at radius 2 is 1.46 bits per heavy atom. The van der Waals surface area contributed by atoms with Gasteiger partial charge in [-0.2, -0.15) is 0 Å². The molecule has 4 atom stereocenters. The minimum absolute atomic E-state index is 0.0391. The number of fused-ring (bicyclic) bond motifs is 1. The number of hydrogen-bond donors (Lipinski definition) is 6. The summed E-state index contributed by atoms with van der Waals surface area (Å²) in [6.45, 7) is 5.22. The van der Waals surface area contributed by atoms with Crippen molar-refractivity contribution in [2.75, 3.05) is 0 Å². The van der Waals surface area contributed by atoms with Gasteiger partial charge in [0.15, 0.2) is 0 Å². The molecule has 2 aromatic carbocycles. The number of aromatic amines is 1. The Morgan fingerprint density at radius 3 is 2.13 bits per heavy atom. The van der Waals surface area contributed by atoms with Crippen LogP contribution in [0.5, 0.6) is 0 Å². The van der Waals surface area contributed by atoms with Gasteiger partial charge in [0.05, 0.1) is 6.04 Å². The van der Waals surface area contributed by atoms with Gasteiger partial charge in [0.2, 0.25) is 17.7 Å². The standard InChI is InChI=1S/C29H37N5O5/c1-17(2)13-25(29(38)39)34-28(37)24(14-19-9-5-4-6-10-19)33-26(35)18(3)32-27(36)22(30)15-20-16-31-23-12-8-7-11-21(20)23/h4-12,16-18,22,24-25,31H,13-15,30H2,1-3H3,(H,32,36)(H,33,35)(H,34,37)(H,38,39). The molecule has 3 amide bonds. The molecule has 0 saturated heterocycles. The first kappa shape index (κ1) is 29.4. The summed E-state index contributed by atoms with van der Waals surface area (Å²) in [7, 11) is 0. The molecular formula is C29H37N5O5. The second-order valence-corrected chi connectivity index (χ2v) is 10.2. The summed E-state index contributed by atoms with van der Waals surface area (Å²) in [6.07, 6.45) is 2.47. The van der Waals surface area contributed by atoms with Crippen molar-refractivity contribution in [1.29, 1.82) is 0 Å². The van der Waals surface area contributed by atoms with Crippen molar-refractivity contribution in [3.63, 3.8) is 0 Å². The summed E-state index contributed by atoms with van der Waals surface area (Å²) in [6, 6.07) is 12.7. The van der Waals surface area contributed by atoms with Gasteiger partial charge in [0.25, 0.3) is 0 Å². The number of hydrogen-bond acceptors (Lipinski definition) is 5. The molecule has 0 aliphatic carbocycles. The second-order valence-electron chi connectivity index (χ2n) is 10.2. The Kier molecular flexibility index (Phi) is 10.2. The predicted octanol–water partition coefficient (Wildman–Crippen LogP) is 1.89. The van der Waals surface area contributed by atoms with Gasteiger partial charge in [-0.1, -0.05) is 62.4 Å². The van der Waals surface area contributed by atoms with E-state index in [0.29, 0.717) is 0 Å². The van der Waals surface area contributed by atoms with Crippen LogP contribution in [-0.4, -0.2) is 57.9 Å². The number of amides is 3. The lowest BCUT2D eigenvalue weighted by Gasteiger charge is -2.24. The Labute approximate surface area is 227 Å². The number of carboxylic acid groups (broad SMARTS) is 1. The number of nitrogens with one attached hydrogen (secondary N) is 4. The first-order valence-corrected chi connectivity index (χ1v) is 13.0. The van der Waals surface area contributed by atoms with Crippen LogP contribution in [0, 0.1) is 5.92 Å². The third kappa shape index (κ3) is 8.41. The van der Waals surface area contributed by atoms with Crippen molar-refractivity contribution in [2.45, 2.75) is 64.2 Å². The van der Waals surface area contributed by atoms with Gasteiger partial charge in [-0.3, -0.25) is 14.4 Å². The molecule has 1 heterocycles. The molecule has 3 rings (SSSR count). The van der Waals surface area contributed by atoms with E-state index in [9.17, 15) is 24.3 Å². The fourth-order valence-electron chi connectivity index (χ4n) is 4.34. The Bertz CT molecular complexity index is 1290. The lowest BCUT2D eigenvalue weighted by atomic mass is 10.0. The molecule has 0 aliphatic rings. The number of aliphatic carboxylic acids is 1. The van der Waals surface area contributed by atoms with Gasteiger partial charge in [-0.25, -0.2) is 4.79 Å². The molecule has 0 aliphatic heterocycles. The van der Waals surface area contributed by atoms with Crippen molar-refractivity contribution in [2.24, 2.45) is 11.7 Å². The van der Waals surface area contributed by atoms with E-state index in [1.54, 1.807) is 0 Å². The predicted molar refractivity (Wildman–Crippen MR) is 149 cm³/mol. The zero-order valence-electron chi connectivity index (χ0n) is 22.4. The van der Waals surface area contributed by atoms with E-state index in [1.807, 2.05) is 74.6 Å². The molecule has 0 saturated carbocycles. The lowest BCUT2D eigenvalue weighted by Crippen LogP contribution is -2.57. The third-order valence-corrected chi connectivity index (χ3v) is 6.44. The first-order valence-electron chi connectivity index (χ1n) is 13.0. The molecule has 39 heavy (non-hydrogen) atoms. The summed E-state index contributed by atoms with van der Waals surface area (Å²) in [4.78, 5) is 53.8. The highest BCUT2D eigenvalue weighted by molar-refractivity contribution is 5.94. The van der Waals surface area contributed by atoms with E-state index in [0.717, 1.165) is 22.0 Å². The second kappa shape index (κ2) is 13.6. The largest absolute Gasteiger partial charge is 0.480 e. The summed E-state index contributed by atoms with van der Waals surface area (Å²) in [5, 5.41) is 18.4. The molecule has 1 aromatic heterocycles. The molecule has 0 radical (unpaired) electrons. The molecule has 0 spiro atoms. The third-order valence-electron chi connectivity index (χ3n) is 6.44. The highest BCUT2D eigenvalue weighted by Gasteiger charge is 2.29. The minimum atomic E-state index is -1.15. The van der Waals surface area contributed by atoms with Gasteiger partial charge in [-0.15, -0.1) is 0 Å². The van der Waals surface area contributed by atoms with E-state index >= 15 is 0 Å². The Balaban J connectivity index is 1.65. The maximum atomic E-state index is 13.1. The van der Waals surface area contributed by atoms with Gasteiger partial charge in [0.1, 0.15) is 18.1 Å². The summed E-state index contributed by atoms with van der Waals surface area (Å²) in [5.74, 6) is -2.82. The number of carbonyl (C=O) groups excluding carboxylic acids is 3. The number of rotatable bonds is 13. The van der Waals surface area contributed by atoms with Crippen molar-refractivity contribution in [3.05, 3.63) is 71.9 Å². The van der Waals surface area contributed by atoms with E-state index in [1.165, 1.54) is 6.92 Å². The van der Waals surface area contributed by atoms with Crippen LogP contribution in [0.2, 0.25) is 0 Å². The Morgan fingerprint density at radius 1 is 0.821 bits per heavy atom. The lowest BCUT2D eigenvalue weighted by molar-refractivity contribution is -0.142. The van der Waals surface area contributed by atoms with Crippen LogP contribution in [0.4, 0.5) is 0 Å². The number of aromatic nitrogens is 1. The average molecular weight is 536 g/mol. The fraction of sp³-hybridized carbons (Fsp3) is 0.379. The number of benzene rings is 2. The van der Waals surface area contributed by atoms with Crippen LogP contribution in [-0.2, 0) is 32.0 Å². The van der Waals surface area contributed by atoms with Gasteiger partial charge in [-0.05, 0) is 42.9 Å². The highest BCUT2D eigenvalue weighted by Crippen LogP contribution is 2.18. The number of nitrogens with two attached hydrogens (primary N) is 1. The molecule has 0 fully saturated rings. The minimum Gasteiger partial charge on any atom is -0.480 e. The molecule has 208 valence electrons. The van der Waals surface area contributed by atoms with Crippen molar-refractivity contribution >= 4 is 34.6 Å². The molecule has 7 N–H and O–H groups in total. The maximum Gasteiger partial charge on any atom is 0.326 e. The van der Waals surface area contributed by atoms with Crippen molar-refractivity contribution in [1.82, 2.24) is 20.9 Å². The molecule has 4 unspecified atom stereocenters. The van der Waals surface area contributed by atoms with E-state index < -0.39 is 47.9 Å². The molecule has 10 nitrogen and oxygen atoms in total. The van der Waals surface area contributed by atoms with Gasteiger partial charge >= 0.3 is 5.97 Å². The van der Waals surface area contributed by atoms with Crippen LogP contribution in [0.15, 0.2) is 60.8 Å². The maximum absolute atomic E-state index is 13.1. The highest BCUT2D eigenvalue weighted by atomic mass is 16.4. The summed E-state index contributed by atoms with van der Waals surface area (Å²) >= 11 is 0. The number of carboxylic acids is 1. The van der Waals surface area contributed by atoms with Crippen LogP contribution < -0.4 is 21.7 Å². The van der Waals surface area contributed by atoms with Gasteiger partial charge in [0, 0.05) is 23.5 Å². The van der Waals surface area contributed by atoms with Crippen LogP contribution in [0.1, 0.15) is 38.3 Å². The first-order chi connectivity index (χ1) is 18.5. The van der Waals surface area contributed by atoms with Crippen LogP contribution in [0.25, 0.3) is 10.9 Å². The SMILES string of the molecule is CC(C)CC(NC(=O)C(Cc1ccccc1)NC(=O)C(C)NC(=O)C(N)Cc1c[nH]c2ccccc12)C(=O)O. The summed E-state index contributed by atoms with van der Waals surface area (Å²) in [5.41, 5.74) is 8.76. The normalized spacial score (nSPS) is 14.3. The Hall–Kier alpha value is -4.18. The van der Waals surface area contributed by atoms with Crippen molar-refractivity contribution < 1.29 is 24.3 Å². The molecule has 10 heteroatoms. The molecule has 3 aromatic rings. The van der Waals surface area contributed by atoms with E-state index in [-0.39, 0.29) is 25.2 Å². The summed E-state index contributed by atoms with van der Waals surface area (Å²) < 4.78 is 0. The quantitative estimate of drug-likeness (QED) is 0.195. The topological polar surface area (TPSA) is 166 Å².